The number of anilines is 1. The second-order valence-corrected chi connectivity index (χ2v) is 8.36. The molecule has 1 saturated carbocycles. The summed E-state index contributed by atoms with van der Waals surface area (Å²) in [5.74, 6) is -0.939. The fourth-order valence-corrected chi connectivity index (χ4v) is 5.50. The lowest BCUT2D eigenvalue weighted by atomic mass is 9.73. The van der Waals surface area contributed by atoms with E-state index in [4.69, 9.17) is 9.47 Å². The zero-order valence-corrected chi connectivity index (χ0v) is 17.9. The normalized spacial score (nSPS) is 23.6. The fourth-order valence-electron chi connectivity index (χ4n) is 5.50. The van der Waals surface area contributed by atoms with Crippen LogP contribution in [0.3, 0.4) is 0 Å². The Balaban J connectivity index is 1.87. The van der Waals surface area contributed by atoms with E-state index in [2.05, 4.69) is 36.1 Å². The molecule has 30 heavy (non-hydrogen) atoms. The van der Waals surface area contributed by atoms with Crippen LogP contribution in [0, 0.1) is 5.41 Å². The fraction of sp³-hybridized carbons (Fsp3) is 0.440. The van der Waals surface area contributed by atoms with E-state index in [1.54, 1.807) is 13.8 Å². The van der Waals surface area contributed by atoms with Crippen LogP contribution in [-0.4, -0.2) is 31.2 Å². The Kier molecular flexibility index (Phi) is 5.31. The summed E-state index contributed by atoms with van der Waals surface area (Å²) in [6, 6.07) is 18.0. The summed E-state index contributed by atoms with van der Waals surface area (Å²) in [4.78, 5) is 29.0. The van der Waals surface area contributed by atoms with E-state index in [0.717, 1.165) is 17.7 Å². The van der Waals surface area contributed by atoms with Gasteiger partial charge in [-0.3, -0.25) is 9.59 Å². The van der Waals surface area contributed by atoms with E-state index in [0.29, 0.717) is 13.0 Å². The Bertz CT molecular complexity index is 923. The van der Waals surface area contributed by atoms with Crippen molar-refractivity contribution in [3.63, 3.8) is 0 Å². The van der Waals surface area contributed by atoms with Crippen molar-refractivity contribution >= 4 is 17.6 Å². The van der Waals surface area contributed by atoms with Gasteiger partial charge in [-0.25, -0.2) is 0 Å². The molecule has 158 valence electrons. The van der Waals surface area contributed by atoms with Crippen molar-refractivity contribution in [2.24, 2.45) is 5.41 Å². The number of carbonyl (C=O) groups excluding carboxylic acids is 2. The Morgan fingerprint density at radius 3 is 2.17 bits per heavy atom. The van der Waals surface area contributed by atoms with E-state index in [9.17, 15) is 9.59 Å². The molecule has 0 bridgehead atoms. The van der Waals surface area contributed by atoms with Crippen molar-refractivity contribution in [1.82, 2.24) is 0 Å². The standard InChI is InChI=1S/C25H29NO4/c1-4-29-22(27)25(23(28)30-5-2)16-15-24(3)19-13-9-10-14-20(19)26(21(24)25)17-18-11-7-6-8-12-18/h6-14,21H,4-5,15-17H2,1-3H3/t21-,24+/m1/s1. The van der Waals surface area contributed by atoms with Gasteiger partial charge in [-0.05, 0) is 43.9 Å². The highest BCUT2D eigenvalue weighted by atomic mass is 16.6. The minimum atomic E-state index is -1.34. The van der Waals surface area contributed by atoms with Crippen LogP contribution in [0.4, 0.5) is 5.69 Å². The molecular weight excluding hydrogens is 378 g/mol. The number of carbonyl (C=O) groups is 2. The third-order valence-electron chi connectivity index (χ3n) is 6.72. The minimum Gasteiger partial charge on any atom is -0.465 e. The highest BCUT2D eigenvalue weighted by molar-refractivity contribution is 6.03. The first kappa shape index (κ1) is 20.5. The lowest BCUT2D eigenvalue weighted by Crippen LogP contribution is -2.57. The Hall–Kier alpha value is -2.82. The van der Waals surface area contributed by atoms with Gasteiger partial charge in [0, 0.05) is 17.6 Å². The summed E-state index contributed by atoms with van der Waals surface area (Å²) in [5.41, 5.74) is 1.71. The number of para-hydroxylation sites is 1. The van der Waals surface area contributed by atoms with Gasteiger partial charge < -0.3 is 14.4 Å². The smallest absolute Gasteiger partial charge is 0.325 e. The van der Waals surface area contributed by atoms with Gasteiger partial charge in [-0.2, -0.15) is 0 Å². The van der Waals surface area contributed by atoms with Crippen molar-refractivity contribution in [1.29, 1.82) is 0 Å². The summed E-state index contributed by atoms with van der Waals surface area (Å²) in [6.07, 6.45) is 1.14. The number of rotatable bonds is 6. The second kappa shape index (κ2) is 7.78. The van der Waals surface area contributed by atoms with Crippen LogP contribution >= 0.6 is 0 Å². The predicted octanol–water partition coefficient (Wildman–Crippen LogP) is 4.24. The number of fused-ring (bicyclic) bond motifs is 3. The molecule has 4 rings (SSSR count). The zero-order chi connectivity index (χ0) is 21.4. The predicted molar refractivity (Wildman–Crippen MR) is 115 cm³/mol. The maximum atomic E-state index is 13.4. The van der Waals surface area contributed by atoms with Gasteiger partial charge in [0.25, 0.3) is 0 Å². The molecule has 1 aliphatic carbocycles. The van der Waals surface area contributed by atoms with Crippen LogP contribution in [-0.2, 0) is 31.0 Å². The summed E-state index contributed by atoms with van der Waals surface area (Å²) in [5, 5.41) is 0. The van der Waals surface area contributed by atoms with Crippen LogP contribution in [0.5, 0.6) is 0 Å². The van der Waals surface area contributed by atoms with Crippen molar-refractivity contribution in [3.05, 3.63) is 65.7 Å². The molecule has 0 N–H and O–H groups in total. The number of nitrogens with zero attached hydrogens (tertiary/aromatic N) is 1. The molecule has 1 heterocycles. The molecule has 0 amide bonds. The highest BCUT2D eigenvalue weighted by Gasteiger charge is 2.70. The average Bonchev–Trinajstić information content (AvgIpc) is 3.20. The molecule has 0 saturated heterocycles. The average molecular weight is 408 g/mol. The largest absolute Gasteiger partial charge is 0.465 e. The molecule has 5 nitrogen and oxygen atoms in total. The van der Waals surface area contributed by atoms with E-state index in [-0.39, 0.29) is 24.7 Å². The van der Waals surface area contributed by atoms with Crippen LogP contribution in [0.2, 0.25) is 0 Å². The third kappa shape index (κ3) is 2.91. The molecule has 5 heteroatoms. The Morgan fingerprint density at radius 1 is 0.933 bits per heavy atom. The monoisotopic (exact) mass is 407 g/mol. The number of ether oxygens (including phenoxy) is 2. The molecule has 0 aromatic heterocycles. The minimum absolute atomic E-state index is 0.231. The number of hydrogen-bond acceptors (Lipinski definition) is 5. The van der Waals surface area contributed by atoms with Gasteiger partial charge in [0.2, 0.25) is 0 Å². The van der Waals surface area contributed by atoms with Crippen molar-refractivity contribution in [2.45, 2.75) is 51.6 Å². The quantitative estimate of drug-likeness (QED) is 0.530. The van der Waals surface area contributed by atoms with Gasteiger partial charge in [-0.15, -0.1) is 0 Å². The maximum Gasteiger partial charge on any atom is 0.325 e. The molecule has 0 unspecified atom stereocenters. The third-order valence-corrected chi connectivity index (χ3v) is 6.72. The molecule has 2 aromatic carbocycles. The molecule has 0 spiro atoms. The van der Waals surface area contributed by atoms with Crippen molar-refractivity contribution < 1.29 is 19.1 Å². The number of esters is 2. The van der Waals surface area contributed by atoms with Gasteiger partial charge in [-0.1, -0.05) is 55.5 Å². The van der Waals surface area contributed by atoms with E-state index in [1.165, 1.54) is 5.56 Å². The topological polar surface area (TPSA) is 55.8 Å². The Labute approximate surface area is 178 Å². The molecule has 2 aromatic rings. The summed E-state index contributed by atoms with van der Waals surface area (Å²) < 4.78 is 11.0. The van der Waals surface area contributed by atoms with Crippen LogP contribution < -0.4 is 4.90 Å². The number of hydrogen-bond donors (Lipinski definition) is 0. The second-order valence-electron chi connectivity index (χ2n) is 8.36. The first-order chi connectivity index (χ1) is 14.5. The first-order valence-electron chi connectivity index (χ1n) is 10.7. The van der Waals surface area contributed by atoms with Gasteiger partial charge in [0.1, 0.15) is 0 Å². The van der Waals surface area contributed by atoms with Crippen LogP contribution in [0.15, 0.2) is 54.6 Å². The lowest BCUT2D eigenvalue weighted by Gasteiger charge is -2.40. The maximum absolute atomic E-state index is 13.4. The lowest BCUT2D eigenvalue weighted by molar-refractivity contribution is -0.173. The highest BCUT2D eigenvalue weighted by Crippen LogP contribution is 2.61. The molecule has 1 aliphatic heterocycles. The SMILES string of the molecule is CCOC(=O)C1(C(=O)OCC)CC[C@@]2(C)c3ccccc3N(Cc3ccccc3)[C@@H]12. The zero-order valence-electron chi connectivity index (χ0n) is 17.9. The van der Waals surface area contributed by atoms with Gasteiger partial charge >= 0.3 is 11.9 Å². The molecule has 2 aliphatic rings. The molecular formula is C25H29NO4. The number of benzene rings is 2. The summed E-state index contributed by atoms with van der Waals surface area (Å²) in [6.45, 7) is 6.79. The van der Waals surface area contributed by atoms with E-state index >= 15 is 0 Å². The van der Waals surface area contributed by atoms with E-state index in [1.807, 2.05) is 30.3 Å². The van der Waals surface area contributed by atoms with E-state index < -0.39 is 17.4 Å². The van der Waals surface area contributed by atoms with Crippen LogP contribution in [0.1, 0.15) is 44.7 Å². The summed E-state index contributed by atoms with van der Waals surface area (Å²) >= 11 is 0. The Morgan fingerprint density at radius 2 is 1.53 bits per heavy atom. The van der Waals surface area contributed by atoms with Gasteiger partial charge in [0.15, 0.2) is 5.41 Å². The molecule has 0 radical (unpaired) electrons. The van der Waals surface area contributed by atoms with Crippen molar-refractivity contribution in [3.8, 4) is 0 Å². The van der Waals surface area contributed by atoms with Gasteiger partial charge in [0.05, 0.1) is 19.3 Å². The first-order valence-corrected chi connectivity index (χ1v) is 10.7. The molecule has 1 fully saturated rings. The molecule has 2 atom stereocenters. The van der Waals surface area contributed by atoms with Crippen LogP contribution in [0.25, 0.3) is 0 Å². The van der Waals surface area contributed by atoms with Crippen molar-refractivity contribution in [2.75, 3.05) is 18.1 Å². The summed E-state index contributed by atoms with van der Waals surface area (Å²) in [7, 11) is 0.